The van der Waals surface area contributed by atoms with Gasteiger partial charge in [0.25, 0.3) is 0 Å². The monoisotopic (exact) mass is 235 g/mol. The molecule has 0 aliphatic rings. The highest BCUT2D eigenvalue weighted by atomic mass is 35.5. The first kappa shape index (κ1) is 14.6. The number of rotatable bonds is 4. The average molecular weight is 236 g/mol. The van der Waals surface area contributed by atoms with Gasteiger partial charge in [0.15, 0.2) is 0 Å². The zero-order chi connectivity index (χ0) is 12.1. The van der Waals surface area contributed by atoms with E-state index in [2.05, 4.69) is 19.2 Å². The fourth-order valence-corrected chi connectivity index (χ4v) is 1.48. The van der Waals surface area contributed by atoms with Gasteiger partial charge in [-0.2, -0.15) is 0 Å². The third-order valence-electron chi connectivity index (χ3n) is 1.88. The van der Waals surface area contributed by atoms with Gasteiger partial charge < -0.3 is 10.1 Å². The standard InChI is InChI=1S/C11H22ClNO2/c1-10(2,3)15-9(14)13-8-11(4,5)6-7-12/h6-8H2,1-5H3,(H,13,14). The lowest BCUT2D eigenvalue weighted by Crippen LogP contribution is -2.38. The third-order valence-corrected chi connectivity index (χ3v) is 2.07. The van der Waals surface area contributed by atoms with E-state index in [9.17, 15) is 4.79 Å². The average Bonchev–Trinajstić information content (AvgIpc) is 1.98. The number of ether oxygens (including phenoxy) is 1. The lowest BCUT2D eigenvalue weighted by atomic mass is 9.90. The molecule has 0 aliphatic carbocycles. The molecule has 90 valence electrons. The largest absolute Gasteiger partial charge is 0.444 e. The number of carbonyl (C=O) groups is 1. The second-order valence-corrected chi connectivity index (χ2v) is 5.84. The number of alkyl carbamates (subject to hydrolysis) is 1. The van der Waals surface area contributed by atoms with Crippen LogP contribution in [0.5, 0.6) is 0 Å². The molecule has 0 saturated heterocycles. The van der Waals surface area contributed by atoms with E-state index in [1.54, 1.807) is 0 Å². The number of carbonyl (C=O) groups excluding carboxylic acids is 1. The van der Waals surface area contributed by atoms with Crippen molar-refractivity contribution in [3.8, 4) is 0 Å². The maximum Gasteiger partial charge on any atom is 0.407 e. The van der Waals surface area contributed by atoms with Gasteiger partial charge in [-0.25, -0.2) is 4.79 Å². The van der Waals surface area contributed by atoms with Gasteiger partial charge in [-0.3, -0.25) is 0 Å². The van der Waals surface area contributed by atoms with Crippen LogP contribution in [-0.4, -0.2) is 24.1 Å². The maximum atomic E-state index is 11.3. The Kier molecular flexibility index (Phi) is 5.43. The molecule has 4 heteroatoms. The van der Waals surface area contributed by atoms with Crippen LogP contribution in [0.2, 0.25) is 0 Å². The molecule has 0 rings (SSSR count). The van der Waals surface area contributed by atoms with Crippen LogP contribution in [0.1, 0.15) is 41.0 Å². The quantitative estimate of drug-likeness (QED) is 0.761. The summed E-state index contributed by atoms with van der Waals surface area (Å²) in [4.78, 5) is 11.3. The first-order valence-corrected chi connectivity index (χ1v) is 5.72. The molecule has 0 aliphatic heterocycles. The van der Waals surface area contributed by atoms with E-state index in [0.717, 1.165) is 6.42 Å². The molecule has 0 unspecified atom stereocenters. The highest BCUT2D eigenvalue weighted by molar-refractivity contribution is 6.17. The Labute approximate surface area is 97.5 Å². The second kappa shape index (κ2) is 5.59. The summed E-state index contributed by atoms with van der Waals surface area (Å²) in [5, 5.41) is 2.74. The summed E-state index contributed by atoms with van der Waals surface area (Å²) >= 11 is 5.66. The molecule has 0 bridgehead atoms. The highest BCUT2D eigenvalue weighted by Gasteiger charge is 2.21. The summed E-state index contributed by atoms with van der Waals surface area (Å²) < 4.78 is 5.13. The Morgan fingerprint density at radius 2 is 1.80 bits per heavy atom. The van der Waals surface area contributed by atoms with Crippen molar-refractivity contribution in [1.29, 1.82) is 0 Å². The van der Waals surface area contributed by atoms with Gasteiger partial charge in [-0.05, 0) is 32.6 Å². The molecule has 0 aromatic rings. The van der Waals surface area contributed by atoms with Gasteiger partial charge in [-0.15, -0.1) is 11.6 Å². The van der Waals surface area contributed by atoms with Crippen molar-refractivity contribution in [3.05, 3.63) is 0 Å². The van der Waals surface area contributed by atoms with Crippen LogP contribution in [0, 0.1) is 5.41 Å². The summed E-state index contributed by atoms with van der Waals surface area (Å²) in [6.07, 6.45) is 0.495. The third kappa shape index (κ3) is 8.55. The number of halogens is 1. The Hall–Kier alpha value is -0.440. The summed E-state index contributed by atoms with van der Waals surface area (Å²) in [5.41, 5.74) is -0.431. The van der Waals surface area contributed by atoms with Crippen LogP contribution in [0.25, 0.3) is 0 Å². The SMILES string of the molecule is CC(C)(CCCl)CNC(=O)OC(C)(C)C. The van der Waals surface area contributed by atoms with Crippen molar-refractivity contribution in [1.82, 2.24) is 5.32 Å². The van der Waals surface area contributed by atoms with Crippen molar-refractivity contribution in [3.63, 3.8) is 0 Å². The minimum absolute atomic E-state index is 0.0126. The Morgan fingerprint density at radius 1 is 1.27 bits per heavy atom. The van der Waals surface area contributed by atoms with Crippen molar-refractivity contribution in [2.45, 2.75) is 46.6 Å². The van der Waals surface area contributed by atoms with Gasteiger partial charge in [0.1, 0.15) is 5.60 Å². The van der Waals surface area contributed by atoms with E-state index in [0.29, 0.717) is 12.4 Å². The fourth-order valence-electron chi connectivity index (χ4n) is 0.970. The van der Waals surface area contributed by atoms with Gasteiger partial charge in [0.05, 0.1) is 0 Å². The molecule has 15 heavy (non-hydrogen) atoms. The molecular formula is C11H22ClNO2. The lowest BCUT2D eigenvalue weighted by Gasteiger charge is -2.25. The zero-order valence-electron chi connectivity index (χ0n) is 10.3. The maximum absolute atomic E-state index is 11.3. The summed E-state index contributed by atoms with van der Waals surface area (Å²) in [7, 11) is 0. The van der Waals surface area contributed by atoms with Gasteiger partial charge >= 0.3 is 6.09 Å². The Balaban J connectivity index is 3.90. The molecular weight excluding hydrogens is 214 g/mol. The van der Waals surface area contributed by atoms with Crippen LogP contribution < -0.4 is 5.32 Å². The van der Waals surface area contributed by atoms with E-state index in [1.807, 2.05) is 20.8 Å². The number of alkyl halides is 1. The van der Waals surface area contributed by atoms with Crippen LogP contribution >= 0.6 is 11.6 Å². The smallest absolute Gasteiger partial charge is 0.407 e. The lowest BCUT2D eigenvalue weighted by molar-refractivity contribution is 0.0506. The minimum Gasteiger partial charge on any atom is -0.444 e. The summed E-state index contributed by atoms with van der Waals surface area (Å²) in [6.45, 7) is 10.2. The number of hydrogen-bond acceptors (Lipinski definition) is 2. The van der Waals surface area contributed by atoms with Crippen molar-refractivity contribution < 1.29 is 9.53 Å². The zero-order valence-corrected chi connectivity index (χ0v) is 11.1. The van der Waals surface area contributed by atoms with Crippen LogP contribution in [0.3, 0.4) is 0 Å². The van der Waals surface area contributed by atoms with Gasteiger partial charge in [0, 0.05) is 12.4 Å². The first-order chi connectivity index (χ1) is 6.66. The number of amides is 1. The van der Waals surface area contributed by atoms with Crippen LogP contribution in [0.15, 0.2) is 0 Å². The molecule has 0 heterocycles. The van der Waals surface area contributed by atoms with Crippen LogP contribution in [-0.2, 0) is 4.74 Å². The number of hydrogen-bond donors (Lipinski definition) is 1. The summed E-state index contributed by atoms with van der Waals surface area (Å²) in [5.74, 6) is 0.600. The molecule has 1 amide bonds. The number of nitrogens with one attached hydrogen (secondary N) is 1. The van der Waals surface area contributed by atoms with Crippen molar-refractivity contribution >= 4 is 17.7 Å². The topological polar surface area (TPSA) is 38.3 Å². The summed E-state index contributed by atoms with van der Waals surface area (Å²) in [6, 6.07) is 0. The van der Waals surface area contributed by atoms with E-state index < -0.39 is 5.60 Å². The fraction of sp³-hybridized carbons (Fsp3) is 0.909. The first-order valence-electron chi connectivity index (χ1n) is 5.19. The van der Waals surface area contributed by atoms with E-state index in [4.69, 9.17) is 16.3 Å². The second-order valence-electron chi connectivity index (χ2n) is 5.46. The normalized spacial score (nSPS) is 12.4. The van der Waals surface area contributed by atoms with Crippen molar-refractivity contribution in [2.24, 2.45) is 5.41 Å². The molecule has 0 fully saturated rings. The van der Waals surface area contributed by atoms with Crippen molar-refractivity contribution in [2.75, 3.05) is 12.4 Å². The molecule has 0 radical (unpaired) electrons. The molecule has 0 spiro atoms. The predicted octanol–water partition coefficient (Wildman–Crippen LogP) is 3.17. The van der Waals surface area contributed by atoms with Gasteiger partial charge in [0.2, 0.25) is 0 Å². The highest BCUT2D eigenvalue weighted by Crippen LogP contribution is 2.19. The predicted molar refractivity (Wildman–Crippen MR) is 63.4 cm³/mol. The molecule has 3 nitrogen and oxygen atoms in total. The van der Waals surface area contributed by atoms with E-state index >= 15 is 0 Å². The Bertz CT molecular complexity index is 209. The molecule has 0 aromatic carbocycles. The van der Waals surface area contributed by atoms with E-state index in [1.165, 1.54) is 0 Å². The van der Waals surface area contributed by atoms with Crippen LogP contribution in [0.4, 0.5) is 4.79 Å². The minimum atomic E-state index is -0.444. The molecule has 0 saturated carbocycles. The van der Waals surface area contributed by atoms with E-state index in [-0.39, 0.29) is 11.5 Å². The Morgan fingerprint density at radius 3 is 2.20 bits per heavy atom. The molecule has 0 atom stereocenters. The molecule has 1 N–H and O–H groups in total. The molecule has 0 aromatic heterocycles. The van der Waals surface area contributed by atoms with Gasteiger partial charge in [-0.1, -0.05) is 13.8 Å².